The highest BCUT2D eigenvalue weighted by molar-refractivity contribution is 5.78. The van der Waals surface area contributed by atoms with Gasteiger partial charge in [-0.25, -0.2) is 0 Å². The van der Waals surface area contributed by atoms with Crippen molar-refractivity contribution in [3.63, 3.8) is 0 Å². The first kappa shape index (κ1) is 14.7. The van der Waals surface area contributed by atoms with Crippen LogP contribution in [0.3, 0.4) is 0 Å². The molecule has 2 rings (SSSR count). The van der Waals surface area contributed by atoms with E-state index in [9.17, 15) is 4.79 Å². The van der Waals surface area contributed by atoms with Gasteiger partial charge in [-0.15, -0.1) is 0 Å². The van der Waals surface area contributed by atoms with Crippen LogP contribution in [-0.4, -0.2) is 49.8 Å². The van der Waals surface area contributed by atoms with Crippen LogP contribution >= 0.6 is 0 Å². The van der Waals surface area contributed by atoms with Gasteiger partial charge in [0, 0.05) is 13.1 Å². The van der Waals surface area contributed by atoms with Gasteiger partial charge in [0.1, 0.15) is 11.5 Å². The van der Waals surface area contributed by atoms with Crippen LogP contribution in [0.1, 0.15) is 13.8 Å². The lowest BCUT2D eigenvalue weighted by atomic mass is 10.2. The Bertz CT molecular complexity index is 436. The van der Waals surface area contributed by atoms with Gasteiger partial charge in [-0.3, -0.25) is 4.79 Å². The average molecular weight is 279 g/mol. The molecule has 5 nitrogen and oxygen atoms in total. The van der Waals surface area contributed by atoms with Gasteiger partial charge >= 0.3 is 0 Å². The van der Waals surface area contributed by atoms with Crippen LogP contribution in [0.15, 0.2) is 24.3 Å². The number of methoxy groups -OCH3 is 1. The highest BCUT2D eigenvalue weighted by Gasteiger charge is 2.25. The molecule has 2 atom stereocenters. The lowest BCUT2D eigenvalue weighted by Gasteiger charge is -2.35. The minimum Gasteiger partial charge on any atom is -0.497 e. The Morgan fingerprint density at radius 3 is 2.30 bits per heavy atom. The lowest BCUT2D eigenvalue weighted by molar-refractivity contribution is -0.145. The van der Waals surface area contributed by atoms with Gasteiger partial charge in [0.05, 0.1) is 19.3 Å². The van der Waals surface area contributed by atoms with Gasteiger partial charge in [-0.2, -0.15) is 0 Å². The van der Waals surface area contributed by atoms with E-state index < -0.39 is 0 Å². The summed E-state index contributed by atoms with van der Waals surface area (Å²) in [4.78, 5) is 13.9. The second-order valence-electron chi connectivity index (χ2n) is 5.02. The molecule has 1 heterocycles. The maximum atomic E-state index is 12.1. The molecular formula is C15H21NO4. The maximum absolute atomic E-state index is 12.1. The number of benzene rings is 1. The van der Waals surface area contributed by atoms with Crippen molar-refractivity contribution in [3.05, 3.63) is 24.3 Å². The van der Waals surface area contributed by atoms with Crippen molar-refractivity contribution < 1.29 is 19.0 Å². The molecule has 1 aromatic rings. The smallest absolute Gasteiger partial charge is 0.260 e. The monoisotopic (exact) mass is 279 g/mol. The molecule has 0 radical (unpaired) electrons. The molecule has 1 amide bonds. The summed E-state index contributed by atoms with van der Waals surface area (Å²) in [5.41, 5.74) is 0. The second kappa shape index (κ2) is 6.61. The van der Waals surface area contributed by atoms with Gasteiger partial charge in [-0.1, -0.05) is 0 Å². The van der Waals surface area contributed by atoms with E-state index in [0.717, 1.165) is 5.75 Å². The summed E-state index contributed by atoms with van der Waals surface area (Å²) in [5, 5.41) is 0. The van der Waals surface area contributed by atoms with E-state index in [1.807, 2.05) is 13.8 Å². The third-order valence-corrected chi connectivity index (χ3v) is 3.19. The van der Waals surface area contributed by atoms with Crippen molar-refractivity contribution in [1.82, 2.24) is 4.90 Å². The van der Waals surface area contributed by atoms with Crippen molar-refractivity contribution in [2.45, 2.75) is 26.1 Å². The van der Waals surface area contributed by atoms with Gasteiger partial charge in [0.2, 0.25) is 0 Å². The summed E-state index contributed by atoms with van der Waals surface area (Å²) in [7, 11) is 1.61. The summed E-state index contributed by atoms with van der Waals surface area (Å²) in [6.45, 7) is 5.23. The van der Waals surface area contributed by atoms with Crippen LogP contribution in [0.2, 0.25) is 0 Å². The molecule has 0 aliphatic carbocycles. The fourth-order valence-electron chi connectivity index (χ4n) is 2.29. The van der Waals surface area contributed by atoms with Crippen molar-refractivity contribution in [1.29, 1.82) is 0 Å². The summed E-state index contributed by atoms with van der Waals surface area (Å²) < 4.78 is 16.2. The standard InChI is InChI=1S/C15H21NO4/c1-11-8-16(9-12(2)20-11)15(17)10-19-14-6-4-13(18-3)5-7-14/h4-7,11-12H,8-10H2,1-3H3. The molecule has 20 heavy (non-hydrogen) atoms. The summed E-state index contributed by atoms with van der Waals surface area (Å²) >= 11 is 0. The molecule has 1 aliphatic rings. The second-order valence-corrected chi connectivity index (χ2v) is 5.02. The van der Waals surface area contributed by atoms with Gasteiger partial charge in [-0.05, 0) is 38.1 Å². The first-order valence-corrected chi connectivity index (χ1v) is 6.78. The zero-order valence-electron chi connectivity index (χ0n) is 12.2. The van der Waals surface area contributed by atoms with E-state index in [2.05, 4.69) is 0 Å². The molecule has 1 aromatic carbocycles. The summed E-state index contributed by atoms with van der Waals surface area (Å²) in [6, 6.07) is 7.19. The summed E-state index contributed by atoms with van der Waals surface area (Å²) in [5.74, 6) is 1.41. The van der Waals surface area contributed by atoms with E-state index in [0.29, 0.717) is 18.8 Å². The van der Waals surface area contributed by atoms with Crippen LogP contribution in [-0.2, 0) is 9.53 Å². The van der Waals surface area contributed by atoms with Crippen LogP contribution in [0, 0.1) is 0 Å². The fraction of sp³-hybridized carbons (Fsp3) is 0.533. The first-order valence-electron chi connectivity index (χ1n) is 6.78. The van der Waals surface area contributed by atoms with Crippen LogP contribution < -0.4 is 9.47 Å². The van der Waals surface area contributed by atoms with E-state index >= 15 is 0 Å². The van der Waals surface area contributed by atoms with Gasteiger partial charge in [0.25, 0.3) is 5.91 Å². The Labute approximate surface area is 119 Å². The maximum Gasteiger partial charge on any atom is 0.260 e. The Kier molecular flexibility index (Phi) is 4.84. The number of nitrogens with zero attached hydrogens (tertiary/aromatic N) is 1. The number of carbonyl (C=O) groups excluding carboxylic acids is 1. The molecule has 0 aromatic heterocycles. The molecule has 0 saturated carbocycles. The topological polar surface area (TPSA) is 48.0 Å². The highest BCUT2D eigenvalue weighted by atomic mass is 16.5. The number of hydrogen-bond donors (Lipinski definition) is 0. The zero-order valence-corrected chi connectivity index (χ0v) is 12.2. The molecule has 2 unspecified atom stereocenters. The number of hydrogen-bond acceptors (Lipinski definition) is 4. The van der Waals surface area contributed by atoms with Crippen LogP contribution in [0.25, 0.3) is 0 Å². The van der Waals surface area contributed by atoms with E-state index in [1.165, 1.54) is 0 Å². The molecule has 1 saturated heterocycles. The molecular weight excluding hydrogens is 258 g/mol. The first-order chi connectivity index (χ1) is 9.58. The average Bonchev–Trinajstić information content (AvgIpc) is 2.44. The predicted molar refractivity (Wildman–Crippen MR) is 75.1 cm³/mol. The van der Waals surface area contributed by atoms with E-state index in [4.69, 9.17) is 14.2 Å². The van der Waals surface area contributed by atoms with Gasteiger partial charge < -0.3 is 19.1 Å². The number of rotatable bonds is 4. The van der Waals surface area contributed by atoms with Crippen molar-refractivity contribution in [2.75, 3.05) is 26.8 Å². The van der Waals surface area contributed by atoms with Crippen molar-refractivity contribution >= 4 is 5.91 Å². The molecule has 5 heteroatoms. The normalized spacial score (nSPS) is 22.4. The molecule has 0 N–H and O–H groups in total. The van der Waals surface area contributed by atoms with E-state index in [-0.39, 0.29) is 24.7 Å². The summed E-state index contributed by atoms with van der Waals surface area (Å²) in [6.07, 6.45) is 0.146. The zero-order chi connectivity index (χ0) is 14.5. The number of carbonyl (C=O) groups is 1. The third kappa shape index (κ3) is 3.87. The third-order valence-electron chi connectivity index (χ3n) is 3.19. The Hall–Kier alpha value is -1.75. The SMILES string of the molecule is COc1ccc(OCC(=O)N2CC(C)OC(C)C2)cc1. The van der Waals surface area contributed by atoms with Crippen LogP contribution in [0.5, 0.6) is 11.5 Å². The molecule has 0 bridgehead atoms. The molecule has 0 spiro atoms. The van der Waals surface area contributed by atoms with Gasteiger partial charge in [0.15, 0.2) is 6.61 Å². The predicted octanol–water partition coefficient (Wildman–Crippen LogP) is 1.71. The Morgan fingerprint density at radius 1 is 1.20 bits per heavy atom. The quantitative estimate of drug-likeness (QED) is 0.842. The van der Waals surface area contributed by atoms with E-state index in [1.54, 1.807) is 36.3 Å². The van der Waals surface area contributed by atoms with Crippen molar-refractivity contribution in [2.24, 2.45) is 0 Å². The number of morpholine rings is 1. The largest absolute Gasteiger partial charge is 0.497 e. The van der Waals surface area contributed by atoms with Crippen molar-refractivity contribution in [3.8, 4) is 11.5 Å². The van der Waals surface area contributed by atoms with Crippen LogP contribution in [0.4, 0.5) is 0 Å². The Morgan fingerprint density at radius 2 is 1.75 bits per heavy atom. The fourth-order valence-corrected chi connectivity index (χ4v) is 2.29. The number of amides is 1. The Balaban J connectivity index is 1.84. The minimum atomic E-state index is -0.0113. The highest BCUT2D eigenvalue weighted by Crippen LogP contribution is 2.17. The number of ether oxygens (including phenoxy) is 3. The molecule has 1 fully saturated rings. The lowest BCUT2D eigenvalue weighted by Crippen LogP contribution is -2.49. The molecule has 110 valence electrons. The minimum absolute atomic E-state index is 0.0113. The molecule has 1 aliphatic heterocycles.